The van der Waals surface area contributed by atoms with Crippen LogP contribution >= 0.6 is 0 Å². The van der Waals surface area contributed by atoms with Crippen LogP contribution in [0, 0.1) is 5.92 Å². The predicted octanol–water partition coefficient (Wildman–Crippen LogP) is 6.01. The van der Waals surface area contributed by atoms with Crippen molar-refractivity contribution in [3.05, 3.63) is 89.5 Å². The molecule has 0 atom stereocenters. The summed E-state index contributed by atoms with van der Waals surface area (Å²) in [6.45, 7) is 1.62. The lowest BCUT2D eigenvalue weighted by Gasteiger charge is -2.27. The average Bonchev–Trinajstić information content (AvgIpc) is 3.02. The molecule has 0 aromatic heterocycles. The highest BCUT2D eigenvalue weighted by Crippen LogP contribution is 2.26. The number of hydrogen-bond donors (Lipinski definition) is 3. The Balaban J connectivity index is 1.19. The van der Waals surface area contributed by atoms with Gasteiger partial charge in [0.05, 0.1) is 36.9 Å². The van der Waals surface area contributed by atoms with Gasteiger partial charge in [-0.1, -0.05) is 30.3 Å². The smallest absolute Gasteiger partial charge is 0.335 e. The second-order valence-corrected chi connectivity index (χ2v) is 10.7. The number of para-hydroxylation sites is 1. The summed E-state index contributed by atoms with van der Waals surface area (Å²) in [6, 6.07) is 21.8. The highest BCUT2D eigenvalue weighted by Gasteiger charge is 2.27. The van der Waals surface area contributed by atoms with Gasteiger partial charge in [0.1, 0.15) is 17.2 Å². The summed E-state index contributed by atoms with van der Waals surface area (Å²) in [6.07, 6.45) is 5.37. The number of aromatic carboxylic acids is 1. The fourth-order valence-corrected chi connectivity index (χ4v) is 5.03. The number of aliphatic carboxylic acids is 1. The number of benzene rings is 3. The first-order chi connectivity index (χ1) is 20.9. The molecule has 1 saturated carbocycles. The highest BCUT2D eigenvalue weighted by atomic mass is 16.5. The molecule has 0 spiro atoms. The van der Waals surface area contributed by atoms with Gasteiger partial charge in [0, 0.05) is 6.04 Å². The molecule has 3 N–H and O–H groups in total. The Hall–Kier alpha value is -4.53. The van der Waals surface area contributed by atoms with Gasteiger partial charge in [-0.25, -0.2) is 4.79 Å². The third kappa shape index (κ3) is 10.1. The Morgan fingerprint density at radius 3 is 1.98 bits per heavy atom. The van der Waals surface area contributed by atoms with Crippen molar-refractivity contribution < 1.29 is 38.8 Å². The van der Waals surface area contributed by atoms with Crippen LogP contribution in [0.25, 0.3) is 0 Å². The third-order valence-electron chi connectivity index (χ3n) is 7.49. The topological polar surface area (TPSA) is 131 Å². The highest BCUT2D eigenvalue weighted by molar-refractivity contribution is 6.00. The standard InChI is InChI=1S/C34H39NO8/c36-32(35-27-15-12-25(13-16-27)33(37)38)30-23-26(34(39)40)14-19-31(30)43-22-6-7-24-10-17-29(18-11-24)42-21-5-4-20-41-28-8-2-1-3-9-28/h1-3,8-11,14,17-19,23,25,27H,4-7,12-13,15-16,20-22H2,(H,35,36)(H,37,38)(H,39,40). The number of aryl methyl sites for hydroxylation is 1. The number of carbonyl (C=O) groups is 3. The molecule has 9 heteroatoms. The summed E-state index contributed by atoms with van der Waals surface area (Å²) in [5.41, 5.74) is 1.28. The predicted molar refractivity (Wildman–Crippen MR) is 161 cm³/mol. The third-order valence-corrected chi connectivity index (χ3v) is 7.49. The van der Waals surface area contributed by atoms with E-state index in [2.05, 4.69) is 5.32 Å². The normalized spacial score (nSPS) is 16.2. The number of ether oxygens (including phenoxy) is 3. The zero-order valence-electron chi connectivity index (χ0n) is 24.2. The minimum Gasteiger partial charge on any atom is -0.494 e. The zero-order chi connectivity index (χ0) is 30.4. The molecule has 0 unspecified atom stereocenters. The van der Waals surface area contributed by atoms with Gasteiger partial charge in [-0.3, -0.25) is 9.59 Å². The molecule has 0 heterocycles. The van der Waals surface area contributed by atoms with Crippen LogP contribution in [0.5, 0.6) is 17.2 Å². The van der Waals surface area contributed by atoms with E-state index in [-0.39, 0.29) is 23.1 Å². The summed E-state index contributed by atoms with van der Waals surface area (Å²) >= 11 is 0. The summed E-state index contributed by atoms with van der Waals surface area (Å²) in [4.78, 5) is 35.8. The van der Waals surface area contributed by atoms with Crippen LogP contribution < -0.4 is 19.5 Å². The summed E-state index contributed by atoms with van der Waals surface area (Å²) < 4.78 is 17.5. The largest absolute Gasteiger partial charge is 0.494 e. The van der Waals surface area contributed by atoms with Crippen molar-refractivity contribution in [2.24, 2.45) is 5.92 Å². The van der Waals surface area contributed by atoms with Crippen LogP contribution in [-0.4, -0.2) is 53.9 Å². The molecule has 228 valence electrons. The summed E-state index contributed by atoms with van der Waals surface area (Å²) in [5.74, 6) is -0.741. The average molecular weight is 590 g/mol. The number of carboxylic acid groups (broad SMARTS) is 2. The van der Waals surface area contributed by atoms with E-state index in [1.807, 2.05) is 54.6 Å². The van der Waals surface area contributed by atoms with Gasteiger partial charge < -0.3 is 29.7 Å². The summed E-state index contributed by atoms with van der Waals surface area (Å²) in [7, 11) is 0. The second-order valence-electron chi connectivity index (χ2n) is 10.7. The molecule has 1 amide bonds. The van der Waals surface area contributed by atoms with E-state index >= 15 is 0 Å². The number of carboxylic acids is 2. The maximum atomic E-state index is 13.1. The molecule has 1 aliphatic rings. The van der Waals surface area contributed by atoms with E-state index in [1.54, 1.807) is 0 Å². The van der Waals surface area contributed by atoms with Crippen LogP contribution in [0.2, 0.25) is 0 Å². The lowest BCUT2D eigenvalue weighted by Crippen LogP contribution is -2.39. The Labute approximate surface area is 251 Å². The van der Waals surface area contributed by atoms with Gasteiger partial charge in [0.15, 0.2) is 0 Å². The Bertz CT molecular complexity index is 1330. The van der Waals surface area contributed by atoms with Crippen molar-refractivity contribution in [1.82, 2.24) is 5.32 Å². The molecule has 1 fully saturated rings. The van der Waals surface area contributed by atoms with Crippen molar-refractivity contribution in [3.63, 3.8) is 0 Å². The molecule has 4 rings (SSSR count). The molecular formula is C34H39NO8. The van der Waals surface area contributed by atoms with E-state index in [0.717, 1.165) is 36.3 Å². The van der Waals surface area contributed by atoms with Crippen LogP contribution in [0.3, 0.4) is 0 Å². The monoisotopic (exact) mass is 589 g/mol. The molecule has 43 heavy (non-hydrogen) atoms. The first-order valence-electron chi connectivity index (χ1n) is 14.8. The number of amides is 1. The zero-order valence-corrected chi connectivity index (χ0v) is 24.2. The molecule has 3 aromatic rings. The van der Waals surface area contributed by atoms with E-state index < -0.39 is 17.8 Å². The molecular weight excluding hydrogens is 550 g/mol. The first-order valence-corrected chi connectivity index (χ1v) is 14.8. The number of rotatable bonds is 16. The van der Waals surface area contributed by atoms with Crippen LogP contribution in [0.1, 0.15) is 71.2 Å². The molecule has 0 radical (unpaired) electrons. The van der Waals surface area contributed by atoms with Gasteiger partial charge >= 0.3 is 11.9 Å². The van der Waals surface area contributed by atoms with Crippen molar-refractivity contribution in [3.8, 4) is 17.2 Å². The molecule has 1 aliphatic carbocycles. The maximum absolute atomic E-state index is 13.1. The lowest BCUT2D eigenvalue weighted by molar-refractivity contribution is -0.142. The van der Waals surface area contributed by atoms with E-state index in [9.17, 15) is 24.6 Å². The van der Waals surface area contributed by atoms with Crippen molar-refractivity contribution in [2.75, 3.05) is 19.8 Å². The maximum Gasteiger partial charge on any atom is 0.335 e. The van der Waals surface area contributed by atoms with Gasteiger partial charge in [-0.2, -0.15) is 0 Å². The first kappa shape index (κ1) is 31.4. The molecule has 9 nitrogen and oxygen atoms in total. The molecule has 0 saturated heterocycles. The van der Waals surface area contributed by atoms with Crippen molar-refractivity contribution in [1.29, 1.82) is 0 Å². The quantitative estimate of drug-likeness (QED) is 0.173. The van der Waals surface area contributed by atoms with Gasteiger partial charge in [0.25, 0.3) is 5.91 Å². The molecule has 0 bridgehead atoms. The minimum absolute atomic E-state index is 0.00471. The fourth-order valence-electron chi connectivity index (χ4n) is 5.03. The lowest BCUT2D eigenvalue weighted by atomic mass is 9.86. The van der Waals surface area contributed by atoms with E-state index in [0.29, 0.717) is 57.7 Å². The van der Waals surface area contributed by atoms with Gasteiger partial charge in [-0.05, 0) is 99.4 Å². The van der Waals surface area contributed by atoms with Gasteiger partial charge in [-0.15, -0.1) is 0 Å². The van der Waals surface area contributed by atoms with E-state index in [4.69, 9.17) is 14.2 Å². The van der Waals surface area contributed by atoms with Crippen LogP contribution in [-0.2, 0) is 11.2 Å². The fraction of sp³-hybridized carbons (Fsp3) is 0.382. The Morgan fingerprint density at radius 2 is 1.35 bits per heavy atom. The Kier molecular flexibility index (Phi) is 11.8. The minimum atomic E-state index is -1.13. The van der Waals surface area contributed by atoms with Crippen molar-refractivity contribution >= 4 is 17.8 Å². The van der Waals surface area contributed by atoms with Crippen LogP contribution in [0.4, 0.5) is 0 Å². The molecule has 0 aliphatic heterocycles. The van der Waals surface area contributed by atoms with Crippen LogP contribution in [0.15, 0.2) is 72.8 Å². The Morgan fingerprint density at radius 1 is 0.721 bits per heavy atom. The SMILES string of the molecule is O=C(O)c1ccc(OCCCc2ccc(OCCCCOc3ccccc3)cc2)c(C(=O)NC2CCC(C(=O)O)CC2)c1. The number of carbonyl (C=O) groups excluding carboxylic acids is 1. The second kappa shape index (κ2) is 16.2. The van der Waals surface area contributed by atoms with Crippen molar-refractivity contribution in [2.45, 2.75) is 57.4 Å². The molecule has 3 aromatic carbocycles. The number of unbranched alkanes of at least 4 members (excludes halogenated alkanes) is 1. The summed E-state index contributed by atoms with van der Waals surface area (Å²) in [5, 5.41) is 21.6. The van der Waals surface area contributed by atoms with E-state index in [1.165, 1.54) is 18.2 Å². The number of hydrogen-bond acceptors (Lipinski definition) is 6. The van der Waals surface area contributed by atoms with Gasteiger partial charge in [0.2, 0.25) is 0 Å². The number of nitrogens with one attached hydrogen (secondary N) is 1.